The van der Waals surface area contributed by atoms with E-state index in [0.717, 1.165) is 60.8 Å². The predicted octanol–water partition coefficient (Wildman–Crippen LogP) is 11.2. The van der Waals surface area contributed by atoms with Crippen LogP contribution < -0.4 is 0 Å². The van der Waals surface area contributed by atoms with Gasteiger partial charge < -0.3 is 0 Å². The first-order valence-electron chi connectivity index (χ1n) is 18.1. The maximum atomic E-state index is 5.15. The average molecular weight is 706 g/mol. The van der Waals surface area contributed by atoms with E-state index in [0.29, 0.717) is 35.1 Å². The van der Waals surface area contributed by atoms with Crippen molar-refractivity contribution in [2.24, 2.45) is 0 Å². The third kappa shape index (κ3) is 6.09. The molecule has 258 valence electrons. The van der Waals surface area contributed by atoms with Crippen molar-refractivity contribution < 1.29 is 0 Å². The molecule has 0 fully saturated rings. The lowest BCUT2D eigenvalue weighted by atomic mass is 10.0. The van der Waals surface area contributed by atoms with E-state index in [4.69, 9.17) is 29.9 Å². The molecule has 0 amide bonds. The highest BCUT2D eigenvalue weighted by Crippen LogP contribution is 2.33. The van der Waals surface area contributed by atoms with Gasteiger partial charge in [-0.05, 0) is 23.3 Å². The number of fused-ring (bicyclic) bond motifs is 3. The third-order valence-electron chi connectivity index (χ3n) is 9.75. The highest BCUT2D eigenvalue weighted by molar-refractivity contribution is 6.09. The molecule has 3 heterocycles. The van der Waals surface area contributed by atoms with Crippen molar-refractivity contribution in [3.05, 3.63) is 188 Å². The van der Waals surface area contributed by atoms with Crippen LogP contribution in [-0.4, -0.2) is 34.5 Å². The third-order valence-corrected chi connectivity index (χ3v) is 9.75. The van der Waals surface area contributed by atoms with Gasteiger partial charge in [-0.15, -0.1) is 0 Å². The second-order valence-corrected chi connectivity index (χ2v) is 13.2. The zero-order chi connectivity index (χ0) is 36.6. The van der Waals surface area contributed by atoms with Crippen LogP contribution in [0.2, 0.25) is 0 Å². The maximum Gasteiger partial charge on any atom is 0.238 e. The van der Waals surface area contributed by atoms with Gasteiger partial charge in [0, 0.05) is 38.6 Å². The molecule has 0 N–H and O–H groups in total. The lowest BCUT2D eigenvalue weighted by molar-refractivity contribution is 0.953. The van der Waals surface area contributed by atoms with Gasteiger partial charge in [-0.3, -0.25) is 4.57 Å². The van der Waals surface area contributed by atoms with Crippen molar-refractivity contribution in [1.29, 1.82) is 0 Å². The van der Waals surface area contributed by atoms with Gasteiger partial charge in [-0.2, -0.15) is 9.97 Å². The molecule has 55 heavy (non-hydrogen) atoms. The van der Waals surface area contributed by atoms with E-state index in [-0.39, 0.29) is 0 Å². The molecule has 7 heteroatoms. The minimum absolute atomic E-state index is 0.547. The smallest absolute Gasteiger partial charge is 0.238 e. The first kappa shape index (κ1) is 32.0. The van der Waals surface area contributed by atoms with Crippen molar-refractivity contribution >= 4 is 21.8 Å². The van der Waals surface area contributed by atoms with E-state index in [2.05, 4.69) is 102 Å². The van der Waals surface area contributed by atoms with Gasteiger partial charge in [0.25, 0.3) is 0 Å². The maximum absolute atomic E-state index is 5.15. The number of nitrogens with zero attached hydrogens (tertiary/aromatic N) is 7. The molecule has 0 saturated heterocycles. The highest BCUT2D eigenvalue weighted by atomic mass is 15.2. The number of benzene rings is 7. The van der Waals surface area contributed by atoms with E-state index in [1.165, 1.54) is 0 Å². The Balaban J connectivity index is 1.10. The topological polar surface area (TPSA) is 82.3 Å². The SMILES string of the molecule is c1ccc(-c2ccc(-c3nc(-c4ccc(-c5nc(-c6ccccc6)nc(-c6ccccc6)n5)cc4)nc(-n4c5ccccc5c5ccccc54)n3)cc2)cc1. The summed E-state index contributed by atoms with van der Waals surface area (Å²) < 4.78 is 2.13. The fourth-order valence-electron chi connectivity index (χ4n) is 7.01. The van der Waals surface area contributed by atoms with Crippen molar-refractivity contribution in [1.82, 2.24) is 34.5 Å². The number of hydrogen-bond acceptors (Lipinski definition) is 6. The van der Waals surface area contributed by atoms with Crippen molar-refractivity contribution in [3.8, 4) is 74.0 Å². The predicted molar refractivity (Wildman–Crippen MR) is 220 cm³/mol. The molecule has 10 aromatic rings. The summed E-state index contributed by atoms with van der Waals surface area (Å²) in [6.07, 6.45) is 0. The molecule has 10 rings (SSSR count). The number of rotatable bonds is 7. The number of hydrogen-bond donors (Lipinski definition) is 0. The average Bonchev–Trinajstić information content (AvgIpc) is 3.61. The van der Waals surface area contributed by atoms with Crippen molar-refractivity contribution in [2.75, 3.05) is 0 Å². The Bertz CT molecular complexity index is 2830. The van der Waals surface area contributed by atoms with Crippen LogP contribution in [-0.2, 0) is 0 Å². The first-order chi connectivity index (χ1) is 27.2. The van der Waals surface area contributed by atoms with E-state index >= 15 is 0 Å². The molecular weight excluding hydrogens is 675 g/mol. The molecule has 0 unspecified atom stereocenters. The van der Waals surface area contributed by atoms with Gasteiger partial charge in [0.05, 0.1) is 11.0 Å². The Morgan fingerprint density at radius 2 is 0.509 bits per heavy atom. The second kappa shape index (κ2) is 13.7. The molecule has 0 atom stereocenters. The van der Waals surface area contributed by atoms with Crippen LogP contribution in [0.5, 0.6) is 0 Å². The monoisotopic (exact) mass is 705 g/mol. The molecule has 7 aromatic carbocycles. The fourth-order valence-corrected chi connectivity index (χ4v) is 7.01. The zero-order valence-corrected chi connectivity index (χ0v) is 29.5. The normalized spacial score (nSPS) is 11.3. The Labute approximate surface area is 317 Å². The zero-order valence-electron chi connectivity index (χ0n) is 29.5. The molecule has 0 aliphatic carbocycles. The van der Waals surface area contributed by atoms with Crippen molar-refractivity contribution in [3.63, 3.8) is 0 Å². The first-order valence-corrected chi connectivity index (χ1v) is 18.1. The number of para-hydroxylation sites is 2. The molecular formula is C48H31N7. The molecule has 0 spiro atoms. The van der Waals surface area contributed by atoms with Gasteiger partial charge in [0.15, 0.2) is 29.1 Å². The summed E-state index contributed by atoms with van der Waals surface area (Å²) in [7, 11) is 0. The molecule has 3 aromatic heterocycles. The van der Waals surface area contributed by atoms with Crippen LogP contribution in [0.1, 0.15) is 0 Å². The van der Waals surface area contributed by atoms with Crippen LogP contribution in [0.25, 0.3) is 95.8 Å². The lowest BCUT2D eigenvalue weighted by Gasteiger charge is -2.12. The van der Waals surface area contributed by atoms with Crippen molar-refractivity contribution in [2.45, 2.75) is 0 Å². The quantitative estimate of drug-likeness (QED) is 0.164. The Morgan fingerprint density at radius 1 is 0.236 bits per heavy atom. The molecule has 7 nitrogen and oxygen atoms in total. The van der Waals surface area contributed by atoms with Crippen LogP contribution in [0.3, 0.4) is 0 Å². The standard InChI is InChI=1S/C48H31N7/c1-4-14-32(15-5-1)33-24-26-37(27-25-33)46-52-47(54-48(53-46)55-41-22-12-10-20-39(41)40-21-11-13-23-42(40)55)38-30-28-36(29-31-38)45-50-43(34-16-6-2-7-17-34)49-44(51-45)35-18-8-3-9-19-35/h1-31H. The van der Waals surface area contributed by atoms with E-state index in [1.807, 2.05) is 91.0 Å². The summed E-state index contributed by atoms with van der Waals surface area (Å²) in [5.74, 6) is 3.51. The minimum Gasteiger partial charge on any atom is -0.278 e. The van der Waals surface area contributed by atoms with Crippen LogP contribution in [0, 0.1) is 0 Å². The summed E-state index contributed by atoms with van der Waals surface area (Å²) in [5, 5.41) is 2.28. The van der Waals surface area contributed by atoms with Gasteiger partial charge in [-0.1, -0.05) is 176 Å². The molecule has 0 bridgehead atoms. The van der Waals surface area contributed by atoms with Crippen LogP contribution >= 0.6 is 0 Å². The summed E-state index contributed by atoms with van der Waals surface area (Å²) in [4.78, 5) is 30.1. The summed E-state index contributed by atoms with van der Waals surface area (Å²) in [6, 6.07) is 63.6. The summed E-state index contributed by atoms with van der Waals surface area (Å²) in [6.45, 7) is 0. The van der Waals surface area contributed by atoms with Gasteiger partial charge >= 0.3 is 0 Å². The van der Waals surface area contributed by atoms with E-state index in [9.17, 15) is 0 Å². The molecule has 0 radical (unpaired) electrons. The van der Waals surface area contributed by atoms with Gasteiger partial charge in [0.1, 0.15) is 0 Å². The van der Waals surface area contributed by atoms with Gasteiger partial charge in [-0.25, -0.2) is 19.9 Å². The largest absolute Gasteiger partial charge is 0.278 e. The number of aromatic nitrogens is 7. The second-order valence-electron chi connectivity index (χ2n) is 13.2. The Morgan fingerprint density at radius 3 is 0.909 bits per heavy atom. The Hall–Kier alpha value is -7.64. The van der Waals surface area contributed by atoms with E-state index < -0.39 is 0 Å². The molecule has 0 aliphatic rings. The summed E-state index contributed by atoms with van der Waals surface area (Å²) >= 11 is 0. The van der Waals surface area contributed by atoms with Crippen LogP contribution in [0.15, 0.2) is 188 Å². The minimum atomic E-state index is 0.547. The molecule has 0 saturated carbocycles. The fraction of sp³-hybridized carbons (Fsp3) is 0. The molecule has 0 aliphatic heterocycles. The van der Waals surface area contributed by atoms with Gasteiger partial charge in [0.2, 0.25) is 5.95 Å². The van der Waals surface area contributed by atoms with Crippen LogP contribution in [0.4, 0.5) is 0 Å². The highest BCUT2D eigenvalue weighted by Gasteiger charge is 2.18. The Kier molecular flexibility index (Phi) is 8.00. The lowest BCUT2D eigenvalue weighted by Crippen LogP contribution is -2.06. The van der Waals surface area contributed by atoms with E-state index in [1.54, 1.807) is 0 Å². The summed E-state index contributed by atoms with van der Waals surface area (Å²) in [5.41, 5.74) is 8.78.